The molecule has 4 nitrogen and oxygen atoms in total. The highest BCUT2D eigenvalue weighted by molar-refractivity contribution is 7.90. The Bertz CT molecular complexity index is 896. The van der Waals surface area contributed by atoms with Crippen LogP contribution >= 0.6 is 0 Å². The van der Waals surface area contributed by atoms with Crippen LogP contribution in [0.25, 0.3) is 0 Å². The Morgan fingerprint density at radius 1 is 1.15 bits per heavy atom. The molecule has 2 aromatic carbocycles. The first-order chi connectivity index (χ1) is 12.8. The molecule has 1 unspecified atom stereocenters. The van der Waals surface area contributed by atoms with E-state index in [1.165, 1.54) is 25.0 Å². The van der Waals surface area contributed by atoms with Crippen LogP contribution in [0, 0.1) is 5.82 Å². The minimum absolute atomic E-state index is 0.0934. The lowest BCUT2D eigenvalue weighted by Gasteiger charge is -2.21. The first kappa shape index (κ1) is 19.8. The van der Waals surface area contributed by atoms with Crippen molar-refractivity contribution in [3.63, 3.8) is 0 Å². The maximum absolute atomic E-state index is 13.6. The summed E-state index contributed by atoms with van der Waals surface area (Å²) in [6.45, 7) is 2.07. The quantitative estimate of drug-likeness (QED) is 0.801. The highest BCUT2D eigenvalue weighted by Gasteiger charge is 2.27. The van der Waals surface area contributed by atoms with Crippen LogP contribution in [-0.4, -0.2) is 27.8 Å². The van der Waals surface area contributed by atoms with Crippen LogP contribution in [0.5, 0.6) is 5.75 Å². The van der Waals surface area contributed by atoms with E-state index >= 15 is 0 Å². The lowest BCUT2D eigenvalue weighted by atomic mass is 9.97. The number of rotatable bonds is 6. The van der Waals surface area contributed by atoms with Gasteiger partial charge in [0.2, 0.25) is 0 Å². The molecule has 0 amide bonds. The standard InChI is InChI=1S/C21H26FNO3S/c1-14(16-7-11-20(22)21(13-16)26-2)23-18-8-4-17(12-18)15-5-9-19(10-6-15)27(3,24)25/h5-7,9-11,13-14,17-18,23H,4,8,12H2,1-3H3/t14-,17+,18?/m1/s1. The van der Waals surface area contributed by atoms with Crippen molar-refractivity contribution in [2.75, 3.05) is 13.4 Å². The normalized spacial score (nSPS) is 21.2. The van der Waals surface area contributed by atoms with Crippen LogP contribution in [0.2, 0.25) is 0 Å². The highest BCUT2D eigenvalue weighted by atomic mass is 32.2. The molecule has 1 fully saturated rings. The molecule has 1 aliphatic rings. The van der Waals surface area contributed by atoms with Gasteiger partial charge >= 0.3 is 0 Å². The molecule has 6 heteroatoms. The smallest absolute Gasteiger partial charge is 0.175 e. The van der Waals surface area contributed by atoms with E-state index in [0.717, 1.165) is 24.8 Å². The van der Waals surface area contributed by atoms with Gasteiger partial charge < -0.3 is 10.1 Å². The van der Waals surface area contributed by atoms with Crippen molar-refractivity contribution in [3.8, 4) is 5.75 Å². The molecule has 1 N–H and O–H groups in total. The van der Waals surface area contributed by atoms with Gasteiger partial charge in [0.05, 0.1) is 12.0 Å². The molecule has 146 valence electrons. The van der Waals surface area contributed by atoms with E-state index in [1.807, 2.05) is 12.1 Å². The van der Waals surface area contributed by atoms with E-state index in [2.05, 4.69) is 12.2 Å². The summed E-state index contributed by atoms with van der Waals surface area (Å²) in [6, 6.07) is 12.7. The Labute approximate surface area is 160 Å². The second-order valence-electron chi connectivity index (χ2n) is 7.33. The Hall–Kier alpha value is -1.92. The van der Waals surface area contributed by atoms with E-state index < -0.39 is 9.84 Å². The van der Waals surface area contributed by atoms with Gasteiger partial charge in [-0.25, -0.2) is 12.8 Å². The number of sulfone groups is 1. The second kappa shape index (κ2) is 7.98. The van der Waals surface area contributed by atoms with Crippen molar-refractivity contribution in [2.45, 2.75) is 49.1 Å². The molecule has 0 radical (unpaired) electrons. The minimum atomic E-state index is -3.16. The lowest BCUT2D eigenvalue weighted by molar-refractivity contribution is 0.384. The number of ether oxygens (including phenoxy) is 1. The third kappa shape index (κ3) is 4.68. The van der Waals surface area contributed by atoms with Gasteiger partial charge in [-0.1, -0.05) is 18.2 Å². The summed E-state index contributed by atoms with van der Waals surface area (Å²) >= 11 is 0. The van der Waals surface area contributed by atoms with Crippen LogP contribution in [0.15, 0.2) is 47.4 Å². The van der Waals surface area contributed by atoms with E-state index in [-0.39, 0.29) is 17.6 Å². The monoisotopic (exact) mass is 391 g/mol. The summed E-state index contributed by atoms with van der Waals surface area (Å²) in [5.74, 6) is 0.328. The second-order valence-corrected chi connectivity index (χ2v) is 9.35. The van der Waals surface area contributed by atoms with E-state index in [0.29, 0.717) is 16.9 Å². The van der Waals surface area contributed by atoms with Crippen molar-refractivity contribution < 1.29 is 17.5 Å². The maximum Gasteiger partial charge on any atom is 0.175 e. The van der Waals surface area contributed by atoms with E-state index in [1.54, 1.807) is 24.3 Å². The molecule has 3 atom stereocenters. The fourth-order valence-corrected chi connectivity index (χ4v) is 4.45. The molecule has 0 aliphatic heterocycles. The molecule has 2 aromatic rings. The summed E-state index contributed by atoms with van der Waals surface area (Å²) in [6.07, 6.45) is 4.35. The molecule has 0 aromatic heterocycles. The lowest BCUT2D eigenvalue weighted by Crippen LogP contribution is -2.29. The van der Waals surface area contributed by atoms with Gasteiger partial charge in [-0.15, -0.1) is 0 Å². The van der Waals surface area contributed by atoms with Gasteiger partial charge in [0, 0.05) is 18.3 Å². The highest BCUT2D eigenvalue weighted by Crippen LogP contribution is 2.36. The number of methoxy groups -OCH3 is 1. The molecule has 0 bridgehead atoms. The summed E-state index contributed by atoms with van der Waals surface area (Å²) in [4.78, 5) is 0.359. The van der Waals surface area contributed by atoms with Crippen LogP contribution in [0.3, 0.4) is 0 Å². The molecular formula is C21H26FNO3S. The van der Waals surface area contributed by atoms with Crippen LogP contribution in [0.4, 0.5) is 4.39 Å². The van der Waals surface area contributed by atoms with Gasteiger partial charge in [-0.2, -0.15) is 0 Å². The molecule has 3 rings (SSSR count). The zero-order valence-corrected chi connectivity index (χ0v) is 16.7. The zero-order valence-electron chi connectivity index (χ0n) is 15.9. The Kier molecular flexibility index (Phi) is 5.86. The summed E-state index contributed by atoms with van der Waals surface area (Å²) in [5, 5.41) is 3.63. The molecule has 0 saturated heterocycles. The maximum atomic E-state index is 13.6. The fourth-order valence-electron chi connectivity index (χ4n) is 3.82. The Morgan fingerprint density at radius 2 is 1.85 bits per heavy atom. The largest absolute Gasteiger partial charge is 0.494 e. The number of hydrogen-bond donors (Lipinski definition) is 1. The van der Waals surface area contributed by atoms with E-state index in [4.69, 9.17) is 4.74 Å². The van der Waals surface area contributed by atoms with Crippen molar-refractivity contribution in [3.05, 3.63) is 59.4 Å². The average Bonchev–Trinajstić information content (AvgIpc) is 3.10. The van der Waals surface area contributed by atoms with Crippen LogP contribution < -0.4 is 10.1 Å². The predicted molar refractivity (Wildman–Crippen MR) is 104 cm³/mol. The first-order valence-electron chi connectivity index (χ1n) is 9.17. The van der Waals surface area contributed by atoms with Crippen molar-refractivity contribution in [1.82, 2.24) is 5.32 Å². The summed E-state index contributed by atoms with van der Waals surface area (Å²) < 4.78 is 41.9. The Morgan fingerprint density at radius 3 is 2.48 bits per heavy atom. The topological polar surface area (TPSA) is 55.4 Å². The van der Waals surface area contributed by atoms with Gasteiger partial charge in [0.1, 0.15) is 0 Å². The van der Waals surface area contributed by atoms with Gasteiger partial charge in [0.15, 0.2) is 21.4 Å². The molecule has 0 heterocycles. The third-order valence-electron chi connectivity index (χ3n) is 5.37. The van der Waals surface area contributed by atoms with Crippen LogP contribution in [-0.2, 0) is 9.84 Å². The predicted octanol–water partition coefficient (Wildman–Crippen LogP) is 4.22. The molecular weight excluding hydrogens is 365 g/mol. The summed E-state index contributed by atoms with van der Waals surface area (Å²) in [7, 11) is -1.69. The van der Waals surface area contributed by atoms with Crippen molar-refractivity contribution >= 4 is 9.84 Å². The Balaban J connectivity index is 1.62. The number of nitrogens with one attached hydrogen (secondary N) is 1. The fraction of sp³-hybridized carbons (Fsp3) is 0.429. The van der Waals surface area contributed by atoms with Crippen molar-refractivity contribution in [2.24, 2.45) is 0 Å². The zero-order chi connectivity index (χ0) is 19.6. The molecule has 27 heavy (non-hydrogen) atoms. The van der Waals surface area contributed by atoms with Crippen molar-refractivity contribution in [1.29, 1.82) is 0 Å². The molecule has 0 spiro atoms. The number of hydrogen-bond acceptors (Lipinski definition) is 4. The third-order valence-corrected chi connectivity index (χ3v) is 6.50. The van der Waals surface area contributed by atoms with Gasteiger partial charge in [0.25, 0.3) is 0 Å². The molecule has 1 aliphatic carbocycles. The first-order valence-corrected chi connectivity index (χ1v) is 11.1. The minimum Gasteiger partial charge on any atom is -0.494 e. The van der Waals surface area contributed by atoms with Crippen LogP contribution in [0.1, 0.15) is 49.3 Å². The van der Waals surface area contributed by atoms with Gasteiger partial charge in [-0.3, -0.25) is 0 Å². The summed E-state index contributed by atoms with van der Waals surface area (Å²) in [5.41, 5.74) is 2.18. The van der Waals surface area contributed by atoms with Gasteiger partial charge in [-0.05, 0) is 67.5 Å². The van der Waals surface area contributed by atoms with E-state index in [9.17, 15) is 12.8 Å². The number of halogens is 1. The number of benzene rings is 2. The average molecular weight is 392 g/mol. The molecule has 1 saturated carbocycles. The SMILES string of the molecule is COc1cc([C@@H](C)NC2CC[C@H](c3ccc(S(C)(=O)=O)cc3)C2)ccc1F.